The average Bonchev–Trinajstić information content (AvgIpc) is 2.73. The number of hydrogen-bond acceptors (Lipinski definition) is 4. The molecule has 0 atom stereocenters. The number of benzene rings is 3. The molecule has 142 valence electrons. The zero-order chi connectivity index (χ0) is 19.9. The number of hydrogen-bond donors (Lipinski definition) is 1. The van der Waals surface area contributed by atoms with Crippen LogP contribution in [0.3, 0.4) is 0 Å². The molecule has 0 saturated heterocycles. The number of nitrogens with one attached hydrogen (secondary N) is 1. The quantitative estimate of drug-likeness (QED) is 0.449. The van der Waals surface area contributed by atoms with Gasteiger partial charge in [-0.05, 0) is 48.5 Å². The summed E-state index contributed by atoms with van der Waals surface area (Å²) in [5, 5.41) is 2.66. The molecule has 0 aliphatic heterocycles. The first kappa shape index (κ1) is 19.6. The Kier molecular flexibility index (Phi) is 6.45. The average molecular weight is 395 g/mol. The Morgan fingerprint density at radius 1 is 1.00 bits per heavy atom. The van der Waals surface area contributed by atoms with Gasteiger partial charge in [0, 0.05) is 16.1 Å². The summed E-state index contributed by atoms with van der Waals surface area (Å²) in [6, 6.07) is 19.9. The molecule has 0 aromatic heterocycles. The van der Waals surface area contributed by atoms with Crippen molar-refractivity contribution in [2.24, 2.45) is 0 Å². The molecule has 1 amide bonds. The van der Waals surface area contributed by atoms with E-state index in [2.05, 4.69) is 5.32 Å². The number of rotatable bonds is 7. The Morgan fingerprint density at radius 3 is 2.46 bits per heavy atom. The fourth-order valence-corrected chi connectivity index (χ4v) is 3.30. The summed E-state index contributed by atoms with van der Waals surface area (Å²) in [6.07, 6.45) is 0. The van der Waals surface area contributed by atoms with E-state index in [4.69, 9.17) is 4.74 Å². The van der Waals surface area contributed by atoms with Crippen molar-refractivity contribution in [1.29, 1.82) is 0 Å². The lowest BCUT2D eigenvalue weighted by Gasteiger charge is -2.07. The molecule has 0 fully saturated rings. The lowest BCUT2D eigenvalue weighted by Crippen LogP contribution is -2.13. The Labute approximate surface area is 166 Å². The normalized spacial score (nSPS) is 10.4. The van der Waals surface area contributed by atoms with Crippen LogP contribution in [0.1, 0.15) is 20.7 Å². The van der Waals surface area contributed by atoms with Crippen molar-refractivity contribution in [3.8, 4) is 5.75 Å². The number of carbonyl (C=O) groups is 2. The smallest absolute Gasteiger partial charge is 0.258 e. The van der Waals surface area contributed by atoms with Gasteiger partial charge in [0.05, 0.1) is 18.4 Å². The Bertz CT molecular complexity index is 989. The van der Waals surface area contributed by atoms with Crippen molar-refractivity contribution in [2.75, 3.05) is 18.2 Å². The SMILES string of the molecule is COc1cccc(C(=O)CSc2ccc(NC(=O)c3ccccc3F)cc2)c1. The zero-order valence-corrected chi connectivity index (χ0v) is 16.0. The highest BCUT2D eigenvalue weighted by molar-refractivity contribution is 8.00. The van der Waals surface area contributed by atoms with Crippen LogP contribution in [0.25, 0.3) is 0 Å². The van der Waals surface area contributed by atoms with Crippen LogP contribution in [0.5, 0.6) is 5.75 Å². The van der Waals surface area contributed by atoms with E-state index in [0.717, 1.165) is 4.90 Å². The van der Waals surface area contributed by atoms with E-state index in [-0.39, 0.29) is 17.1 Å². The molecule has 3 rings (SSSR count). The molecule has 3 aromatic carbocycles. The largest absolute Gasteiger partial charge is 0.497 e. The van der Waals surface area contributed by atoms with E-state index in [1.807, 2.05) is 0 Å². The van der Waals surface area contributed by atoms with E-state index in [9.17, 15) is 14.0 Å². The second kappa shape index (κ2) is 9.19. The van der Waals surface area contributed by atoms with E-state index >= 15 is 0 Å². The molecule has 0 saturated carbocycles. The van der Waals surface area contributed by atoms with Crippen LogP contribution >= 0.6 is 11.8 Å². The van der Waals surface area contributed by atoms with Gasteiger partial charge >= 0.3 is 0 Å². The number of carbonyl (C=O) groups excluding carboxylic acids is 2. The van der Waals surface area contributed by atoms with Crippen LogP contribution in [0.15, 0.2) is 77.7 Å². The van der Waals surface area contributed by atoms with Crippen molar-refractivity contribution in [1.82, 2.24) is 0 Å². The lowest BCUT2D eigenvalue weighted by molar-refractivity contribution is 0.101. The molecule has 1 N–H and O–H groups in total. The third kappa shape index (κ3) is 4.98. The summed E-state index contributed by atoms with van der Waals surface area (Å²) in [6.45, 7) is 0. The topological polar surface area (TPSA) is 55.4 Å². The van der Waals surface area contributed by atoms with Gasteiger partial charge in [-0.2, -0.15) is 0 Å². The molecule has 0 aliphatic rings. The highest BCUT2D eigenvalue weighted by Crippen LogP contribution is 2.23. The van der Waals surface area contributed by atoms with Gasteiger partial charge in [0.2, 0.25) is 0 Å². The van der Waals surface area contributed by atoms with E-state index < -0.39 is 11.7 Å². The third-order valence-electron chi connectivity index (χ3n) is 3.99. The van der Waals surface area contributed by atoms with Gasteiger partial charge in [-0.3, -0.25) is 9.59 Å². The van der Waals surface area contributed by atoms with Gasteiger partial charge < -0.3 is 10.1 Å². The van der Waals surface area contributed by atoms with Crippen molar-refractivity contribution in [2.45, 2.75) is 4.90 Å². The lowest BCUT2D eigenvalue weighted by atomic mass is 10.1. The minimum absolute atomic E-state index is 0.000770. The van der Waals surface area contributed by atoms with Crippen molar-refractivity contribution in [3.63, 3.8) is 0 Å². The van der Waals surface area contributed by atoms with Crippen LogP contribution in [0, 0.1) is 5.82 Å². The summed E-state index contributed by atoms with van der Waals surface area (Å²) in [4.78, 5) is 25.3. The molecule has 6 heteroatoms. The van der Waals surface area contributed by atoms with Crippen LogP contribution in [-0.4, -0.2) is 24.6 Å². The maximum atomic E-state index is 13.7. The molecule has 0 aliphatic carbocycles. The van der Waals surface area contributed by atoms with E-state index in [1.54, 1.807) is 61.7 Å². The molecular formula is C22H18FNO3S. The highest BCUT2D eigenvalue weighted by atomic mass is 32.2. The zero-order valence-electron chi connectivity index (χ0n) is 15.1. The molecule has 0 heterocycles. The van der Waals surface area contributed by atoms with Gasteiger partial charge in [0.1, 0.15) is 11.6 Å². The first-order valence-corrected chi connectivity index (χ1v) is 9.51. The predicted molar refractivity (Wildman–Crippen MR) is 109 cm³/mol. The molecule has 0 unspecified atom stereocenters. The summed E-state index contributed by atoms with van der Waals surface area (Å²) < 4.78 is 18.8. The number of ketones is 1. The number of anilines is 1. The highest BCUT2D eigenvalue weighted by Gasteiger charge is 2.11. The minimum atomic E-state index is -0.566. The third-order valence-corrected chi connectivity index (χ3v) is 5.00. The fourth-order valence-electron chi connectivity index (χ4n) is 2.51. The monoisotopic (exact) mass is 395 g/mol. The van der Waals surface area contributed by atoms with Gasteiger partial charge in [0.25, 0.3) is 5.91 Å². The fraction of sp³-hybridized carbons (Fsp3) is 0.0909. The van der Waals surface area contributed by atoms with Gasteiger partial charge in [-0.1, -0.05) is 24.3 Å². The molecule has 28 heavy (non-hydrogen) atoms. The maximum Gasteiger partial charge on any atom is 0.258 e. The Balaban J connectivity index is 1.58. The first-order chi connectivity index (χ1) is 13.6. The molecule has 0 spiro atoms. The van der Waals surface area contributed by atoms with Gasteiger partial charge in [0.15, 0.2) is 5.78 Å². The number of Topliss-reactive ketones (excluding diaryl/α,β-unsaturated/α-hetero) is 1. The summed E-state index contributed by atoms with van der Waals surface area (Å²) in [7, 11) is 1.56. The number of ether oxygens (including phenoxy) is 1. The maximum absolute atomic E-state index is 13.7. The van der Waals surface area contributed by atoms with Gasteiger partial charge in [-0.25, -0.2) is 4.39 Å². The van der Waals surface area contributed by atoms with Crippen molar-refractivity contribution >= 4 is 29.1 Å². The van der Waals surface area contributed by atoms with Crippen LogP contribution < -0.4 is 10.1 Å². The molecule has 4 nitrogen and oxygen atoms in total. The number of thioether (sulfide) groups is 1. The molecular weight excluding hydrogens is 377 g/mol. The van der Waals surface area contributed by atoms with Crippen LogP contribution in [-0.2, 0) is 0 Å². The summed E-state index contributed by atoms with van der Waals surface area (Å²) >= 11 is 1.40. The summed E-state index contributed by atoms with van der Waals surface area (Å²) in [5.41, 5.74) is 1.14. The van der Waals surface area contributed by atoms with E-state index in [1.165, 1.54) is 30.0 Å². The predicted octanol–water partition coefficient (Wildman–Crippen LogP) is 5.06. The summed E-state index contributed by atoms with van der Waals surface area (Å²) in [5.74, 6) is -0.143. The standard InChI is InChI=1S/C22H18FNO3S/c1-27-17-6-4-5-15(13-17)21(25)14-28-18-11-9-16(10-12-18)24-22(26)19-7-2-3-8-20(19)23/h2-13H,14H2,1H3,(H,24,26). The van der Waals surface area contributed by atoms with Crippen LogP contribution in [0.2, 0.25) is 0 Å². The second-order valence-electron chi connectivity index (χ2n) is 5.90. The number of methoxy groups -OCH3 is 1. The molecule has 3 aromatic rings. The second-order valence-corrected chi connectivity index (χ2v) is 6.95. The molecule has 0 bridgehead atoms. The number of halogens is 1. The first-order valence-electron chi connectivity index (χ1n) is 8.53. The molecule has 0 radical (unpaired) electrons. The van der Waals surface area contributed by atoms with Crippen molar-refractivity contribution < 1.29 is 18.7 Å². The number of amides is 1. The minimum Gasteiger partial charge on any atom is -0.497 e. The van der Waals surface area contributed by atoms with E-state index in [0.29, 0.717) is 17.0 Å². The van der Waals surface area contributed by atoms with Gasteiger partial charge in [-0.15, -0.1) is 11.8 Å². The van der Waals surface area contributed by atoms with Crippen molar-refractivity contribution in [3.05, 3.63) is 89.7 Å². The van der Waals surface area contributed by atoms with Crippen LogP contribution in [0.4, 0.5) is 10.1 Å². The Hall–Kier alpha value is -3.12. The Morgan fingerprint density at radius 2 is 1.75 bits per heavy atom.